The molecule has 0 aliphatic rings. The summed E-state index contributed by atoms with van der Waals surface area (Å²) in [7, 11) is -1.84. The largest absolute Gasteiger partial charge is 0.320 e. The fraction of sp³-hybridized carbons (Fsp3) is 0.467. The van der Waals surface area contributed by atoms with Gasteiger partial charge in [-0.2, -0.15) is 0 Å². The van der Waals surface area contributed by atoms with Gasteiger partial charge in [0.2, 0.25) is 10.0 Å². The maximum atomic E-state index is 12.5. The molecule has 110 valence electrons. The molecule has 1 rings (SSSR count). The minimum absolute atomic E-state index is 0.256. The summed E-state index contributed by atoms with van der Waals surface area (Å²) in [5, 5.41) is 0. The van der Waals surface area contributed by atoms with Gasteiger partial charge < -0.3 is 5.73 Å². The van der Waals surface area contributed by atoms with Gasteiger partial charge in [-0.15, -0.1) is 0 Å². The van der Waals surface area contributed by atoms with E-state index in [0.29, 0.717) is 17.0 Å². The van der Waals surface area contributed by atoms with E-state index < -0.39 is 10.0 Å². The fourth-order valence-corrected chi connectivity index (χ4v) is 3.23. The molecule has 20 heavy (non-hydrogen) atoms. The van der Waals surface area contributed by atoms with Crippen molar-refractivity contribution < 1.29 is 8.42 Å². The molecule has 0 saturated heterocycles. The maximum Gasteiger partial charge on any atom is 0.243 e. The van der Waals surface area contributed by atoms with E-state index in [1.165, 1.54) is 4.31 Å². The van der Waals surface area contributed by atoms with Crippen LogP contribution in [0.25, 0.3) is 0 Å². The lowest BCUT2D eigenvalue weighted by Crippen LogP contribution is -2.28. The van der Waals surface area contributed by atoms with Gasteiger partial charge in [0.05, 0.1) is 11.4 Å². The second kappa shape index (κ2) is 7.44. The molecule has 0 heterocycles. The van der Waals surface area contributed by atoms with Crippen LogP contribution in [0.2, 0.25) is 0 Å². The van der Waals surface area contributed by atoms with Crippen LogP contribution in [0.15, 0.2) is 23.1 Å². The van der Waals surface area contributed by atoms with Gasteiger partial charge in [0.1, 0.15) is 0 Å². The molecule has 0 aromatic heterocycles. The van der Waals surface area contributed by atoms with Crippen molar-refractivity contribution in [1.82, 2.24) is 4.31 Å². The van der Waals surface area contributed by atoms with Gasteiger partial charge in [-0.3, -0.25) is 0 Å². The topological polar surface area (TPSA) is 63.4 Å². The second-order valence-corrected chi connectivity index (χ2v) is 6.68. The molecule has 0 aliphatic carbocycles. The zero-order valence-corrected chi connectivity index (χ0v) is 13.1. The van der Waals surface area contributed by atoms with Crippen molar-refractivity contribution in [2.45, 2.75) is 31.6 Å². The predicted molar refractivity (Wildman–Crippen MR) is 81.8 cm³/mol. The first kappa shape index (κ1) is 16.7. The Morgan fingerprint density at radius 2 is 2.05 bits per heavy atom. The lowest BCUT2D eigenvalue weighted by molar-refractivity contribution is 0.459. The lowest BCUT2D eigenvalue weighted by Gasteiger charge is -2.18. The summed E-state index contributed by atoms with van der Waals surface area (Å²) in [6, 6.07) is 5.21. The van der Waals surface area contributed by atoms with Crippen molar-refractivity contribution in [2.75, 3.05) is 20.1 Å². The Labute approximate surface area is 122 Å². The van der Waals surface area contributed by atoms with Crippen molar-refractivity contribution in [3.63, 3.8) is 0 Å². The number of rotatable bonds is 5. The molecule has 0 aliphatic heterocycles. The molecule has 0 saturated carbocycles. The number of hydrogen-bond acceptors (Lipinski definition) is 3. The van der Waals surface area contributed by atoms with Gasteiger partial charge in [0.25, 0.3) is 0 Å². The van der Waals surface area contributed by atoms with Crippen LogP contribution in [0.4, 0.5) is 0 Å². The Morgan fingerprint density at radius 1 is 1.35 bits per heavy atom. The monoisotopic (exact) mass is 294 g/mol. The molecule has 4 nitrogen and oxygen atoms in total. The van der Waals surface area contributed by atoms with E-state index in [1.807, 2.05) is 13.0 Å². The maximum absolute atomic E-state index is 12.5. The van der Waals surface area contributed by atoms with Crippen molar-refractivity contribution >= 4 is 10.0 Å². The summed E-state index contributed by atoms with van der Waals surface area (Å²) >= 11 is 0. The smallest absolute Gasteiger partial charge is 0.243 e. The molecule has 0 fully saturated rings. The number of nitrogens with zero attached hydrogens (tertiary/aromatic N) is 1. The van der Waals surface area contributed by atoms with E-state index in [1.54, 1.807) is 26.1 Å². The SMILES string of the molecule is CCCCN(C)S(=O)(=O)c1cc(C#CCN)ccc1C. The van der Waals surface area contributed by atoms with Crippen molar-refractivity contribution in [1.29, 1.82) is 0 Å². The summed E-state index contributed by atoms with van der Waals surface area (Å²) in [5.74, 6) is 5.60. The standard InChI is InChI=1S/C15H22N2O2S/c1-4-5-11-17(3)20(18,19)15-12-14(7-6-10-16)9-8-13(15)2/h8-9,12H,4-5,10-11,16H2,1-3H3. The lowest BCUT2D eigenvalue weighted by atomic mass is 10.1. The fourth-order valence-electron chi connectivity index (χ4n) is 1.78. The summed E-state index contributed by atoms with van der Waals surface area (Å²) in [6.45, 7) is 4.61. The summed E-state index contributed by atoms with van der Waals surface area (Å²) in [4.78, 5) is 0.319. The first-order valence-corrected chi connectivity index (χ1v) is 8.13. The predicted octanol–water partition coefficient (Wildman–Crippen LogP) is 1.73. The normalized spacial score (nSPS) is 11.2. The number of benzene rings is 1. The highest BCUT2D eigenvalue weighted by atomic mass is 32.2. The Morgan fingerprint density at radius 3 is 2.65 bits per heavy atom. The molecule has 0 radical (unpaired) electrons. The van der Waals surface area contributed by atoms with Gasteiger partial charge in [0, 0.05) is 19.2 Å². The van der Waals surface area contributed by atoms with E-state index in [9.17, 15) is 8.42 Å². The second-order valence-electron chi connectivity index (χ2n) is 4.67. The van der Waals surface area contributed by atoms with E-state index in [0.717, 1.165) is 18.4 Å². The molecule has 2 N–H and O–H groups in total. The molecule has 0 spiro atoms. The van der Waals surface area contributed by atoms with Crippen LogP contribution in [0, 0.1) is 18.8 Å². The van der Waals surface area contributed by atoms with Crippen LogP contribution in [-0.2, 0) is 10.0 Å². The number of unbranched alkanes of at least 4 members (excludes halogenated alkanes) is 1. The molecule has 1 aromatic carbocycles. The third kappa shape index (κ3) is 4.07. The summed E-state index contributed by atoms with van der Waals surface area (Å²) < 4.78 is 26.5. The number of hydrogen-bond donors (Lipinski definition) is 1. The van der Waals surface area contributed by atoms with Gasteiger partial charge in [0.15, 0.2) is 0 Å². The van der Waals surface area contributed by atoms with Crippen LogP contribution in [0.5, 0.6) is 0 Å². The number of aryl methyl sites for hydroxylation is 1. The third-order valence-electron chi connectivity index (χ3n) is 3.04. The average molecular weight is 294 g/mol. The van der Waals surface area contributed by atoms with Gasteiger partial charge in [-0.1, -0.05) is 31.3 Å². The van der Waals surface area contributed by atoms with Gasteiger partial charge >= 0.3 is 0 Å². The third-order valence-corrected chi connectivity index (χ3v) is 5.04. The quantitative estimate of drug-likeness (QED) is 0.841. The van der Waals surface area contributed by atoms with Gasteiger partial charge in [-0.05, 0) is 31.0 Å². The highest BCUT2D eigenvalue weighted by molar-refractivity contribution is 7.89. The Bertz CT molecular complexity index is 612. The molecule has 0 unspecified atom stereocenters. The molecule has 1 aromatic rings. The van der Waals surface area contributed by atoms with Crippen molar-refractivity contribution in [3.05, 3.63) is 29.3 Å². The first-order chi connectivity index (χ1) is 9.43. The first-order valence-electron chi connectivity index (χ1n) is 6.69. The Kier molecular flexibility index (Phi) is 6.21. The minimum Gasteiger partial charge on any atom is -0.320 e. The van der Waals surface area contributed by atoms with Crippen molar-refractivity contribution in [2.24, 2.45) is 5.73 Å². The molecular weight excluding hydrogens is 272 g/mol. The molecule has 5 heteroatoms. The van der Waals surface area contributed by atoms with E-state index in [4.69, 9.17) is 5.73 Å². The molecule has 0 bridgehead atoms. The summed E-state index contributed by atoms with van der Waals surface area (Å²) in [5.41, 5.74) is 6.73. The van der Waals surface area contributed by atoms with Crippen LogP contribution in [-0.4, -0.2) is 32.9 Å². The summed E-state index contributed by atoms with van der Waals surface area (Å²) in [6.07, 6.45) is 1.81. The Hall–Kier alpha value is -1.35. The van der Waals surface area contributed by atoms with E-state index in [2.05, 4.69) is 11.8 Å². The van der Waals surface area contributed by atoms with Crippen LogP contribution < -0.4 is 5.73 Å². The molecular formula is C15H22N2O2S. The highest BCUT2D eigenvalue weighted by Crippen LogP contribution is 2.20. The minimum atomic E-state index is -3.46. The Balaban J connectivity index is 3.16. The van der Waals surface area contributed by atoms with E-state index >= 15 is 0 Å². The van der Waals surface area contributed by atoms with Gasteiger partial charge in [-0.25, -0.2) is 12.7 Å². The van der Waals surface area contributed by atoms with Crippen molar-refractivity contribution in [3.8, 4) is 11.8 Å². The molecule has 0 amide bonds. The number of sulfonamides is 1. The van der Waals surface area contributed by atoms with Crippen LogP contribution in [0.1, 0.15) is 30.9 Å². The van der Waals surface area contributed by atoms with Crippen LogP contribution >= 0.6 is 0 Å². The van der Waals surface area contributed by atoms with E-state index in [-0.39, 0.29) is 6.54 Å². The zero-order chi connectivity index (χ0) is 15.2. The highest BCUT2D eigenvalue weighted by Gasteiger charge is 2.22. The number of nitrogens with two attached hydrogens (primary N) is 1. The van der Waals surface area contributed by atoms with Crippen LogP contribution in [0.3, 0.4) is 0 Å². The average Bonchev–Trinajstić information content (AvgIpc) is 2.43. The zero-order valence-electron chi connectivity index (χ0n) is 12.3. The molecule has 0 atom stereocenters.